The van der Waals surface area contributed by atoms with Crippen molar-refractivity contribution in [3.05, 3.63) is 83.4 Å². The Kier molecular flexibility index (Phi) is 6.06. The quantitative estimate of drug-likeness (QED) is 0.599. The summed E-state index contributed by atoms with van der Waals surface area (Å²) in [7, 11) is 1.64. The predicted octanol–water partition coefficient (Wildman–Crippen LogP) is 5.14. The fourth-order valence-corrected chi connectivity index (χ4v) is 2.92. The first-order valence-electron chi connectivity index (χ1n) is 8.17. The van der Waals surface area contributed by atoms with E-state index in [9.17, 15) is 4.79 Å². The lowest BCUT2D eigenvalue weighted by molar-refractivity contribution is 0.0977. The Morgan fingerprint density at radius 1 is 0.963 bits per heavy atom. The molecule has 0 aliphatic rings. The summed E-state index contributed by atoms with van der Waals surface area (Å²) < 4.78 is 5.26. The van der Waals surface area contributed by atoms with Crippen molar-refractivity contribution < 1.29 is 9.53 Å². The average Bonchev–Trinajstić information content (AvgIpc) is 2.68. The van der Waals surface area contributed by atoms with E-state index in [4.69, 9.17) is 28.6 Å². The van der Waals surface area contributed by atoms with E-state index in [1.807, 2.05) is 48.5 Å². The van der Waals surface area contributed by atoms with Crippen LogP contribution in [0.3, 0.4) is 0 Å². The van der Waals surface area contributed by atoms with Crippen LogP contribution in [0.25, 0.3) is 11.1 Å². The standard InChI is InChI=1S/C21H17ClN2O2S/c1-26-19-7-3-4-15(13-19)14-8-10-18(11-9-14)23-21(27)24-20(25)16-5-2-6-17(22)12-16/h2-13H,1H3,(H2,23,24,25,27). The third-order valence-electron chi connectivity index (χ3n) is 3.86. The van der Waals surface area contributed by atoms with Crippen LogP contribution in [0, 0.1) is 0 Å². The van der Waals surface area contributed by atoms with E-state index in [-0.39, 0.29) is 11.0 Å². The fraction of sp³-hybridized carbons (Fsp3) is 0.0476. The van der Waals surface area contributed by atoms with E-state index in [1.54, 1.807) is 31.4 Å². The van der Waals surface area contributed by atoms with Gasteiger partial charge >= 0.3 is 0 Å². The van der Waals surface area contributed by atoms with Gasteiger partial charge in [0.05, 0.1) is 7.11 Å². The molecule has 0 bridgehead atoms. The van der Waals surface area contributed by atoms with Gasteiger partial charge in [0.25, 0.3) is 5.91 Å². The average molecular weight is 397 g/mol. The van der Waals surface area contributed by atoms with Crippen LogP contribution in [0.1, 0.15) is 10.4 Å². The molecule has 0 fully saturated rings. The van der Waals surface area contributed by atoms with Gasteiger partial charge in [0.1, 0.15) is 5.75 Å². The molecule has 1 amide bonds. The molecule has 0 aromatic heterocycles. The van der Waals surface area contributed by atoms with Gasteiger partial charge in [-0.1, -0.05) is 41.9 Å². The van der Waals surface area contributed by atoms with Crippen molar-refractivity contribution in [3.8, 4) is 16.9 Å². The predicted molar refractivity (Wildman–Crippen MR) is 114 cm³/mol. The van der Waals surface area contributed by atoms with Gasteiger partial charge in [0, 0.05) is 16.3 Å². The molecule has 27 heavy (non-hydrogen) atoms. The van der Waals surface area contributed by atoms with Gasteiger partial charge in [-0.3, -0.25) is 10.1 Å². The second-order valence-corrected chi connectivity index (χ2v) is 6.57. The summed E-state index contributed by atoms with van der Waals surface area (Å²) in [6.07, 6.45) is 0. The molecule has 3 aromatic rings. The zero-order valence-electron chi connectivity index (χ0n) is 14.5. The summed E-state index contributed by atoms with van der Waals surface area (Å²) in [6, 6.07) is 22.2. The maximum atomic E-state index is 12.2. The minimum absolute atomic E-state index is 0.217. The number of anilines is 1. The maximum Gasteiger partial charge on any atom is 0.257 e. The minimum Gasteiger partial charge on any atom is -0.497 e. The van der Waals surface area contributed by atoms with Crippen molar-refractivity contribution in [1.29, 1.82) is 0 Å². The Hall–Kier alpha value is -2.89. The van der Waals surface area contributed by atoms with Crippen LogP contribution in [0.2, 0.25) is 5.02 Å². The molecule has 3 aromatic carbocycles. The van der Waals surface area contributed by atoms with Gasteiger partial charge in [-0.05, 0) is 65.8 Å². The Labute approximate surface area is 168 Å². The molecule has 0 saturated heterocycles. The zero-order valence-corrected chi connectivity index (χ0v) is 16.1. The fourth-order valence-electron chi connectivity index (χ4n) is 2.52. The van der Waals surface area contributed by atoms with E-state index in [0.717, 1.165) is 22.6 Å². The molecule has 6 heteroatoms. The smallest absolute Gasteiger partial charge is 0.257 e. The van der Waals surface area contributed by atoms with Crippen LogP contribution >= 0.6 is 23.8 Å². The molecule has 2 N–H and O–H groups in total. The van der Waals surface area contributed by atoms with E-state index in [0.29, 0.717) is 10.6 Å². The Bertz CT molecular complexity index is 974. The summed E-state index contributed by atoms with van der Waals surface area (Å²) >= 11 is 11.1. The highest BCUT2D eigenvalue weighted by Gasteiger charge is 2.08. The van der Waals surface area contributed by atoms with Gasteiger partial charge in [-0.15, -0.1) is 0 Å². The number of methoxy groups -OCH3 is 1. The van der Waals surface area contributed by atoms with Crippen LogP contribution in [0.4, 0.5) is 5.69 Å². The molecule has 3 rings (SSSR count). The molecular formula is C21H17ClN2O2S. The van der Waals surface area contributed by atoms with Gasteiger partial charge in [0.15, 0.2) is 5.11 Å². The summed E-state index contributed by atoms with van der Waals surface area (Å²) in [6.45, 7) is 0. The van der Waals surface area contributed by atoms with Crippen LogP contribution in [0.15, 0.2) is 72.8 Å². The molecule has 0 heterocycles. The first kappa shape index (κ1) is 18.9. The molecule has 0 saturated carbocycles. The van der Waals surface area contributed by atoms with Crippen LogP contribution < -0.4 is 15.4 Å². The number of amides is 1. The summed E-state index contributed by atoms with van der Waals surface area (Å²) in [4.78, 5) is 12.2. The van der Waals surface area contributed by atoms with E-state index < -0.39 is 0 Å². The SMILES string of the molecule is COc1cccc(-c2ccc(NC(=S)NC(=O)c3cccc(Cl)c3)cc2)c1. The summed E-state index contributed by atoms with van der Waals surface area (Å²) in [5.41, 5.74) is 3.32. The molecule has 4 nitrogen and oxygen atoms in total. The van der Waals surface area contributed by atoms with Crippen molar-refractivity contribution in [2.75, 3.05) is 12.4 Å². The number of benzene rings is 3. The van der Waals surface area contributed by atoms with E-state index in [2.05, 4.69) is 10.6 Å². The van der Waals surface area contributed by atoms with Gasteiger partial charge in [0.2, 0.25) is 0 Å². The van der Waals surface area contributed by atoms with E-state index >= 15 is 0 Å². The minimum atomic E-state index is -0.317. The van der Waals surface area contributed by atoms with Crippen LogP contribution in [-0.4, -0.2) is 18.1 Å². The number of thiocarbonyl (C=S) groups is 1. The third kappa shape index (κ3) is 5.06. The van der Waals surface area contributed by atoms with Crippen molar-refractivity contribution in [2.24, 2.45) is 0 Å². The van der Waals surface area contributed by atoms with Gasteiger partial charge in [-0.25, -0.2) is 0 Å². The Morgan fingerprint density at radius 2 is 1.70 bits per heavy atom. The van der Waals surface area contributed by atoms with Crippen molar-refractivity contribution in [2.45, 2.75) is 0 Å². The number of carbonyl (C=O) groups is 1. The number of hydrogen-bond donors (Lipinski definition) is 2. The van der Waals surface area contributed by atoms with Crippen LogP contribution in [0.5, 0.6) is 5.75 Å². The van der Waals surface area contributed by atoms with Crippen LogP contribution in [-0.2, 0) is 0 Å². The maximum absolute atomic E-state index is 12.2. The lowest BCUT2D eigenvalue weighted by Gasteiger charge is -2.11. The van der Waals surface area contributed by atoms with Gasteiger partial charge < -0.3 is 10.1 Å². The molecule has 0 atom stereocenters. The number of nitrogens with one attached hydrogen (secondary N) is 2. The second kappa shape index (κ2) is 8.66. The Morgan fingerprint density at radius 3 is 2.41 bits per heavy atom. The first-order chi connectivity index (χ1) is 13.0. The van der Waals surface area contributed by atoms with Gasteiger partial charge in [-0.2, -0.15) is 0 Å². The number of halogens is 1. The molecule has 136 valence electrons. The van der Waals surface area contributed by atoms with E-state index in [1.165, 1.54) is 0 Å². The molecule has 0 unspecified atom stereocenters. The molecule has 0 spiro atoms. The number of carbonyl (C=O) groups excluding carboxylic acids is 1. The molecular weight excluding hydrogens is 380 g/mol. The number of rotatable bonds is 4. The van der Waals surface area contributed by atoms with Crippen molar-refractivity contribution in [3.63, 3.8) is 0 Å². The first-order valence-corrected chi connectivity index (χ1v) is 8.96. The lowest BCUT2D eigenvalue weighted by atomic mass is 10.1. The highest BCUT2D eigenvalue weighted by Crippen LogP contribution is 2.25. The third-order valence-corrected chi connectivity index (χ3v) is 4.30. The largest absolute Gasteiger partial charge is 0.497 e. The summed E-state index contributed by atoms with van der Waals surface area (Å²) in [5, 5.41) is 6.35. The van der Waals surface area contributed by atoms with Crippen molar-refractivity contribution >= 4 is 40.5 Å². The molecule has 0 aliphatic carbocycles. The lowest BCUT2D eigenvalue weighted by Crippen LogP contribution is -2.34. The second-order valence-electron chi connectivity index (χ2n) is 5.73. The van der Waals surface area contributed by atoms with Crippen molar-refractivity contribution in [1.82, 2.24) is 5.32 Å². The summed E-state index contributed by atoms with van der Waals surface area (Å²) in [5.74, 6) is 0.489. The molecule has 0 radical (unpaired) electrons. The number of hydrogen-bond acceptors (Lipinski definition) is 3. The number of ether oxygens (including phenoxy) is 1. The topological polar surface area (TPSA) is 50.4 Å². The molecule has 0 aliphatic heterocycles. The Balaban J connectivity index is 1.64. The highest BCUT2D eigenvalue weighted by molar-refractivity contribution is 7.80. The normalized spacial score (nSPS) is 10.1. The monoisotopic (exact) mass is 396 g/mol. The zero-order chi connectivity index (χ0) is 19.2. The highest BCUT2D eigenvalue weighted by atomic mass is 35.5.